The first-order valence-electron chi connectivity index (χ1n) is 9.38. The minimum atomic E-state index is -2.94. The highest BCUT2D eigenvalue weighted by Gasteiger charge is 2.12. The minimum Gasteiger partial charge on any atom is -0.497 e. The third-order valence-electron chi connectivity index (χ3n) is 4.15. The van der Waals surface area contributed by atoms with E-state index >= 15 is 0 Å². The van der Waals surface area contributed by atoms with Gasteiger partial charge in [-0.15, -0.1) is 24.0 Å². The summed E-state index contributed by atoms with van der Waals surface area (Å²) in [5.74, 6) is 0.706. The van der Waals surface area contributed by atoms with Gasteiger partial charge in [-0.1, -0.05) is 30.3 Å². The van der Waals surface area contributed by atoms with E-state index < -0.39 is 6.61 Å². The van der Waals surface area contributed by atoms with Crippen molar-refractivity contribution < 1.29 is 23.0 Å². The number of nitrogens with zero attached hydrogens (tertiary/aromatic N) is 1. The van der Waals surface area contributed by atoms with Crippen molar-refractivity contribution in [3.63, 3.8) is 0 Å². The second kappa shape index (κ2) is 14.4. The molecule has 0 aliphatic heterocycles. The van der Waals surface area contributed by atoms with Crippen LogP contribution in [0.15, 0.2) is 53.5 Å². The Morgan fingerprint density at radius 1 is 1.10 bits per heavy atom. The van der Waals surface area contributed by atoms with Gasteiger partial charge in [0.2, 0.25) is 5.91 Å². The fraction of sp³-hybridized carbons (Fsp3) is 0.333. The molecule has 0 spiro atoms. The van der Waals surface area contributed by atoms with Crippen molar-refractivity contribution in [3.05, 3.63) is 59.7 Å². The molecular formula is C21H27F2IN4O3. The molecule has 0 bridgehead atoms. The van der Waals surface area contributed by atoms with Crippen LogP contribution >= 0.6 is 24.0 Å². The second-order valence-electron chi connectivity index (χ2n) is 6.22. The van der Waals surface area contributed by atoms with Gasteiger partial charge in [0.15, 0.2) is 5.96 Å². The molecule has 0 aliphatic carbocycles. The van der Waals surface area contributed by atoms with E-state index in [0.29, 0.717) is 23.8 Å². The number of hydrogen-bond acceptors (Lipinski definition) is 4. The zero-order valence-corrected chi connectivity index (χ0v) is 19.7. The van der Waals surface area contributed by atoms with Crippen LogP contribution in [0.4, 0.5) is 8.78 Å². The Labute approximate surface area is 197 Å². The summed E-state index contributed by atoms with van der Waals surface area (Å²) in [7, 11) is 3.03. The molecule has 0 unspecified atom stereocenters. The number of rotatable bonds is 10. The predicted molar refractivity (Wildman–Crippen MR) is 126 cm³/mol. The molecule has 2 aromatic carbocycles. The maximum atomic E-state index is 12.6. The highest BCUT2D eigenvalue weighted by atomic mass is 127. The van der Waals surface area contributed by atoms with Gasteiger partial charge in [-0.2, -0.15) is 8.78 Å². The molecule has 0 aliphatic rings. The van der Waals surface area contributed by atoms with Crippen molar-refractivity contribution >= 4 is 35.8 Å². The standard InChI is InChI=1S/C21H26F2N4O3.HI/c1-24-21(27-14-19(28)25-11-10-15-6-4-3-5-7-15)26-13-16-12-17(29-2)8-9-18(16)30-20(22)23;/h3-9,12,20H,10-11,13-14H2,1-2H3,(H,25,28)(H2,24,26,27);1H. The summed E-state index contributed by atoms with van der Waals surface area (Å²) in [5, 5.41) is 8.68. The monoisotopic (exact) mass is 548 g/mol. The summed E-state index contributed by atoms with van der Waals surface area (Å²) in [5.41, 5.74) is 1.60. The van der Waals surface area contributed by atoms with E-state index in [1.54, 1.807) is 13.1 Å². The summed E-state index contributed by atoms with van der Waals surface area (Å²) in [6.45, 7) is -2.25. The number of halogens is 3. The van der Waals surface area contributed by atoms with Crippen LogP contribution in [0.2, 0.25) is 0 Å². The lowest BCUT2D eigenvalue weighted by Gasteiger charge is -2.15. The Kier molecular flexibility index (Phi) is 12.3. The Hall–Kier alpha value is -2.63. The average Bonchev–Trinajstić information content (AvgIpc) is 2.75. The molecule has 2 aromatic rings. The van der Waals surface area contributed by atoms with Gasteiger partial charge < -0.3 is 25.4 Å². The van der Waals surface area contributed by atoms with E-state index in [0.717, 1.165) is 12.0 Å². The number of aliphatic imine (C=N–C) groups is 1. The number of amides is 1. The van der Waals surface area contributed by atoms with Crippen LogP contribution in [0, 0.1) is 0 Å². The number of methoxy groups -OCH3 is 1. The lowest BCUT2D eigenvalue weighted by molar-refractivity contribution is -0.119. The van der Waals surface area contributed by atoms with Gasteiger partial charge in [0, 0.05) is 25.7 Å². The summed E-state index contributed by atoms with van der Waals surface area (Å²) >= 11 is 0. The molecule has 0 saturated heterocycles. The van der Waals surface area contributed by atoms with Crippen LogP contribution in [0.5, 0.6) is 11.5 Å². The molecular weight excluding hydrogens is 521 g/mol. The highest BCUT2D eigenvalue weighted by Crippen LogP contribution is 2.25. The molecule has 3 N–H and O–H groups in total. The Morgan fingerprint density at radius 2 is 1.84 bits per heavy atom. The highest BCUT2D eigenvalue weighted by molar-refractivity contribution is 14.0. The summed E-state index contributed by atoms with van der Waals surface area (Å²) in [6, 6.07) is 14.4. The maximum absolute atomic E-state index is 12.6. The second-order valence-corrected chi connectivity index (χ2v) is 6.22. The SMILES string of the molecule is CN=C(NCC(=O)NCCc1ccccc1)NCc1cc(OC)ccc1OC(F)F.I. The normalized spacial score (nSPS) is 10.8. The molecule has 2 rings (SSSR count). The van der Waals surface area contributed by atoms with Crippen LogP contribution in [0.3, 0.4) is 0 Å². The first-order chi connectivity index (χ1) is 14.5. The number of ether oxygens (including phenoxy) is 2. The molecule has 0 fully saturated rings. The zero-order chi connectivity index (χ0) is 21.8. The average molecular weight is 548 g/mol. The molecule has 0 aromatic heterocycles. The van der Waals surface area contributed by atoms with E-state index in [4.69, 9.17) is 4.74 Å². The molecule has 31 heavy (non-hydrogen) atoms. The van der Waals surface area contributed by atoms with Crippen molar-refractivity contribution in [2.45, 2.75) is 19.6 Å². The molecule has 7 nitrogen and oxygen atoms in total. The van der Waals surface area contributed by atoms with E-state index in [1.807, 2.05) is 30.3 Å². The van der Waals surface area contributed by atoms with Crippen LogP contribution in [-0.4, -0.2) is 45.7 Å². The summed E-state index contributed by atoms with van der Waals surface area (Å²) in [4.78, 5) is 16.0. The van der Waals surface area contributed by atoms with Gasteiger partial charge in [-0.3, -0.25) is 9.79 Å². The quantitative estimate of drug-likeness (QED) is 0.242. The number of guanidine groups is 1. The number of benzene rings is 2. The molecule has 0 atom stereocenters. The van der Waals surface area contributed by atoms with Crippen LogP contribution in [-0.2, 0) is 17.8 Å². The smallest absolute Gasteiger partial charge is 0.387 e. The van der Waals surface area contributed by atoms with Gasteiger partial charge >= 0.3 is 6.61 Å². The predicted octanol–water partition coefficient (Wildman–Crippen LogP) is 2.94. The molecule has 10 heteroatoms. The van der Waals surface area contributed by atoms with Gasteiger partial charge in [0.25, 0.3) is 0 Å². The van der Waals surface area contributed by atoms with Gasteiger partial charge in [-0.05, 0) is 30.2 Å². The van der Waals surface area contributed by atoms with Crippen LogP contribution in [0.1, 0.15) is 11.1 Å². The molecule has 170 valence electrons. The molecule has 0 saturated carbocycles. The Balaban J connectivity index is 0.00000480. The van der Waals surface area contributed by atoms with Gasteiger partial charge in [0.1, 0.15) is 11.5 Å². The van der Waals surface area contributed by atoms with Crippen molar-refractivity contribution in [1.82, 2.24) is 16.0 Å². The minimum absolute atomic E-state index is 0. The summed E-state index contributed by atoms with van der Waals surface area (Å²) < 4.78 is 34.9. The van der Waals surface area contributed by atoms with Crippen molar-refractivity contribution in [2.75, 3.05) is 27.2 Å². The zero-order valence-electron chi connectivity index (χ0n) is 17.4. The first kappa shape index (κ1) is 26.4. The number of alkyl halides is 2. The summed E-state index contributed by atoms with van der Waals surface area (Å²) in [6.07, 6.45) is 0.738. The van der Waals surface area contributed by atoms with Crippen molar-refractivity contribution in [3.8, 4) is 11.5 Å². The van der Waals surface area contributed by atoms with E-state index in [2.05, 4.69) is 25.7 Å². The molecule has 0 heterocycles. The Bertz CT molecular complexity index is 839. The maximum Gasteiger partial charge on any atom is 0.387 e. The van der Waals surface area contributed by atoms with Crippen LogP contribution < -0.4 is 25.4 Å². The van der Waals surface area contributed by atoms with E-state index in [-0.39, 0.29) is 48.7 Å². The fourth-order valence-corrected chi connectivity index (χ4v) is 2.65. The van der Waals surface area contributed by atoms with E-state index in [9.17, 15) is 13.6 Å². The van der Waals surface area contributed by atoms with Gasteiger partial charge in [0.05, 0.1) is 13.7 Å². The number of nitrogens with one attached hydrogen (secondary N) is 3. The number of carbonyl (C=O) groups excluding carboxylic acids is 1. The van der Waals surface area contributed by atoms with Crippen LogP contribution in [0.25, 0.3) is 0 Å². The Morgan fingerprint density at radius 3 is 2.48 bits per heavy atom. The molecule has 1 amide bonds. The van der Waals surface area contributed by atoms with Crippen molar-refractivity contribution in [1.29, 1.82) is 0 Å². The number of carbonyl (C=O) groups is 1. The third kappa shape index (κ3) is 9.81. The molecule has 0 radical (unpaired) electrons. The van der Waals surface area contributed by atoms with E-state index in [1.165, 1.54) is 19.2 Å². The largest absolute Gasteiger partial charge is 0.497 e. The number of hydrogen-bond donors (Lipinski definition) is 3. The lowest BCUT2D eigenvalue weighted by Crippen LogP contribution is -2.43. The fourth-order valence-electron chi connectivity index (χ4n) is 2.65. The third-order valence-corrected chi connectivity index (χ3v) is 4.15. The first-order valence-corrected chi connectivity index (χ1v) is 9.38. The topological polar surface area (TPSA) is 84.0 Å². The van der Waals surface area contributed by atoms with Crippen molar-refractivity contribution in [2.24, 2.45) is 4.99 Å². The lowest BCUT2D eigenvalue weighted by atomic mass is 10.1. The van der Waals surface area contributed by atoms with Gasteiger partial charge in [-0.25, -0.2) is 0 Å².